The van der Waals surface area contributed by atoms with Crippen molar-refractivity contribution in [1.82, 2.24) is 20.0 Å². The molecule has 2 aromatic heterocycles. The number of carbonyl (C=O) groups is 1. The molecule has 0 unspecified atom stereocenters. The van der Waals surface area contributed by atoms with Crippen molar-refractivity contribution >= 4 is 21.8 Å². The van der Waals surface area contributed by atoms with Gasteiger partial charge in [0.15, 0.2) is 5.03 Å². The van der Waals surface area contributed by atoms with E-state index in [4.69, 9.17) is 4.74 Å². The van der Waals surface area contributed by atoms with Crippen molar-refractivity contribution in [2.45, 2.75) is 11.9 Å². The van der Waals surface area contributed by atoms with Crippen LogP contribution in [0.2, 0.25) is 0 Å². The first kappa shape index (κ1) is 14.1. The maximum atomic E-state index is 12.2. The highest BCUT2D eigenvalue weighted by molar-refractivity contribution is 7.92. The number of aryl methyl sites for hydroxylation is 1. The highest BCUT2D eigenvalue weighted by Crippen LogP contribution is 2.17. The van der Waals surface area contributed by atoms with Gasteiger partial charge in [0, 0.05) is 13.1 Å². The summed E-state index contributed by atoms with van der Waals surface area (Å²) in [5.74, 6) is -0.499. The molecule has 2 N–H and O–H groups in total. The summed E-state index contributed by atoms with van der Waals surface area (Å²) in [5, 5.41) is 9.35. The number of nitrogens with zero attached hydrogens (tertiary/aromatic N) is 3. The molecule has 0 fully saturated rings. The highest BCUT2D eigenvalue weighted by atomic mass is 32.2. The van der Waals surface area contributed by atoms with Gasteiger partial charge in [0.25, 0.3) is 10.0 Å². The lowest BCUT2D eigenvalue weighted by molar-refractivity contribution is 0.0522. The number of hydrogen-bond donors (Lipinski definition) is 2. The van der Waals surface area contributed by atoms with E-state index in [0.717, 1.165) is 6.20 Å². The molecule has 9 nitrogen and oxygen atoms in total. The SMILES string of the molecule is CCOC(=O)c1cn[nH]c1S(=O)(=O)Nc1ccnn1C. The summed E-state index contributed by atoms with van der Waals surface area (Å²) in [4.78, 5) is 11.7. The Hall–Kier alpha value is -2.36. The molecule has 0 amide bonds. The molecule has 2 rings (SSSR count). The van der Waals surface area contributed by atoms with Crippen LogP contribution >= 0.6 is 0 Å². The third kappa shape index (κ3) is 2.64. The maximum absolute atomic E-state index is 12.2. The van der Waals surface area contributed by atoms with Crippen LogP contribution < -0.4 is 4.72 Å². The molecule has 0 saturated carbocycles. The highest BCUT2D eigenvalue weighted by Gasteiger charge is 2.26. The maximum Gasteiger partial charge on any atom is 0.342 e. The van der Waals surface area contributed by atoms with Crippen LogP contribution in [0.5, 0.6) is 0 Å². The number of aromatic amines is 1. The topological polar surface area (TPSA) is 119 Å². The molecule has 0 bridgehead atoms. The molecular weight excluding hydrogens is 286 g/mol. The molecule has 0 radical (unpaired) electrons. The van der Waals surface area contributed by atoms with Crippen molar-refractivity contribution in [3.8, 4) is 0 Å². The standard InChI is InChI=1S/C10H13N5O4S/c1-3-19-10(16)7-6-11-13-9(7)20(17,18)14-8-4-5-12-15(8)2/h4-6,14H,3H2,1-2H3,(H,11,13). The number of aromatic nitrogens is 4. The van der Waals surface area contributed by atoms with Gasteiger partial charge in [-0.2, -0.15) is 18.6 Å². The number of rotatable bonds is 5. The molecule has 10 heteroatoms. The van der Waals surface area contributed by atoms with Gasteiger partial charge in [0.05, 0.1) is 19.0 Å². The molecule has 2 aromatic rings. The fraction of sp³-hybridized carbons (Fsp3) is 0.300. The molecule has 0 aliphatic carbocycles. The second kappa shape index (κ2) is 5.33. The molecule has 0 spiro atoms. The minimum Gasteiger partial charge on any atom is -0.462 e. The normalized spacial score (nSPS) is 11.3. The van der Waals surface area contributed by atoms with Crippen molar-refractivity contribution in [2.75, 3.05) is 11.3 Å². The second-order valence-corrected chi connectivity index (χ2v) is 5.40. The summed E-state index contributed by atoms with van der Waals surface area (Å²) >= 11 is 0. The number of esters is 1. The number of anilines is 1. The van der Waals surface area contributed by atoms with Crippen LogP contribution in [0.1, 0.15) is 17.3 Å². The van der Waals surface area contributed by atoms with Crippen molar-refractivity contribution < 1.29 is 17.9 Å². The smallest absolute Gasteiger partial charge is 0.342 e. The summed E-state index contributed by atoms with van der Waals surface area (Å²) in [6.07, 6.45) is 2.55. The van der Waals surface area contributed by atoms with Gasteiger partial charge in [-0.15, -0.1) is 0 Å². The summed E-state index contributed by atoms with van der Waals surface area (Å²) in [7, 11) is -2.41. The van der Waals surface area contributed by atoms with E-state index in [0.29, 0.717) is 0 Å². The predicted octanol–water partition coefficient (Wildman–Crippen LogP) is 0.121. The first-order valence-corrected chi connectivity index (χ1v) is 7.15. The first-order chi connectivity index (χ1) is 9.45. The summed E-state index contributed by atoms with van der Waals surface area (Å²) in [5.41, 5.74) is -0.151. The van der Waals surface area contributed by atoms with E-state index in [1.165, 1.54) is 16.9 Å². The van der Waals surface area contributed by atoms with Gasteiger partial charge >= 0.3 is 5.97 Å². The summed E-state index contributed by atoms with van der Waals surface area (Å²) in [6.45, 7) is 1.76. The third-order valence-electron chi connectivity index (χ3n) is 2.43. The summed E-state index contributed by atoms with van der Waals surface area (Å²) in [6, 6.07) is 1.48. The molecule has 108 valence electrons. The van der Waals surface area contributed by atoms with Gasteiger partial charge in [-0.1, -0.05) is 0 Å². The number of hydrogen-bond acceptors (Lipinski definition) is 6. The Morgan fingerprint density at radius 1 is 1.55 bits per heavy atom. The lowest BCUT2D eigenvalue weighted by Crippen LogP contribution is -2.19. The van der Waals surface area contributed by atoms with Crippen LogP contribution in [0.3, 0.4) is 0 Å². The molecule has 0 saturated heterocycles. The number of H-pyrrole nitrogens is 1. The number of sulfonamides is 1. The zero-order valence-electron chi connectivity index (χ0n) is 10.8. The zero-order valence-corrected chi connectivity index (χ0v) is 11.6. The quantitative estimate of drug-likeness (QED) is 0.757. The van der Waals surface area contributed by atoms with Crippen molar-refractivity contribution in [2.24, 2.45) is 7.05 Å². The Kier molecular flexibility index (Phi) is 3.74. The molecule has 0 aliphatic rings. The van der Waals surface area contributed by atoms with Crippen LogP contribution in [-0.2, 0) is 21.8 Å². The van der Waals surface area contributed by atoms with Gasteiger partial charge in [-0.25, -0.2) is 4.79 Å². The van der Waals surface area contributed by atoms with E-state index >= 15 is 0 Å². The summed E-state index contributed by atoms with van der Waals surface area (Å²) < 4.78 is 32.8. The predicted molar refractivity (Wildman–Crippen MR) is 68.6 cm³/mol. The average molecular weight is 299 g/mol. The molecule has 20 heavy (non-hydrogen) atoms. The monoisotopic (exact) mass is 299 g/mol. The lowest BCUT2D eigenvalue weighted by Gasteiger charge is -2.07. The largest absolute Gasteiger partial charge is 0.462 e. The van der Waals surface area contributed by atoms with E-state index in [1.807, 2.05) is 0 Å². The van der Waals surface area contributed by atoms with Gasteiger partial charge in [-0.05, 0) is 6.92 Å². The Morgan fingerprint density at radius 3 is 2.90 bits per heavy atom. The van der Waals surface area contributed by atoms with E-state index < -0.39 is 16.0 Å². The van der Waals surface area contributed by atoms with Gasteiger partial charge in [0.2, 0.25) is 0 Å². The number of nitrogens with one attached hydrogen (secondary N) is 2. The Morgan fingerprint density at radius 2 is 2.30 bits per heavy atom. The van der Waals surface area contributed by atoms with Crippen LogP contribution in [0.4, 0.5) is 5.82 Å². The fourth-order valence-corrected chi connectivity index (χ4v) is 2.67. The van der Waals surface area contributed by atoms with Crippen molar-refractivity contribution in [1.29, 1.82) is 0 Å². The van der Waals surface area contributed by atoms with Crippen molar-refractivity contribution in [3.63, 3.8) is 0 Å². The average Bonchev–Trinajstić information content (AvgIpc) is 2.99. The van der Waals surface area contributed by atoms with Gasteiger partial charge in [-0.3, -0.25) is 14.5 Å². The number of carbonyl (C=O) groups excluding carboxylic acids is 1. The molecule has 0 atom stereocenters. The van der Waals surface area contributed by atoms with E-state index in [2.05, 4.69) is 20.0 Å². The Bertz CT molecular complexity index is 718. The molecule has 0 aliphatic heterocycles. The Balaban J connectivity index is 2.33. The Labute approximate surface area is 115 Å². The van der Waals surface area contributed by atoms with Crippen LogP contribution in [0, 0.1) is 0 Å². The number of ether oxygens (including phenoxy) is 1. The molecule has 2 heterocycles. The first-order valence-electron chi connectivity index (χ1n) is 5.67. The minimum atomic E-state index is -3.99. The van der Waals surface area contributed by atoms with E-state index in [1.54, 1.807) is 14.0 Å². The third-order valence-corrected chi connectivity index (χ3v) is 3.75. The van der Waals surface area contributed by atoms with Gasteiger partial charge < -0.3 is 4.74 Å². The van der Waals surface area contributed by atoms with E-state index in [-0.39, 0.29) is 23.0 Å². The second-order valence-electron chi connectivity index (χ2n) is 3.78. The van der Waals surface area contributed by atoms with Gasteiger partial charge in [0.1, 0.15) is 11.4 Å². The van der Waals surface area contributed by atoms with Crippen LogP contribution in [0.25, 0.3) is 0 Å². The van der Waals surface area contributed by atoms with Crippen molar-refractivity contribution in [3.05, 3.63) is 24.0 Å². The van der Waals surface area contributed by atoms with Crippen LogP contribution in [0.15, 0.2) is 23.5 Å². The molecule has 0 aromatic carbocycles. The lowest BCUT2D eigenvalue weighted by atomic mass is 10.4. The van der Waals surface area contributed by atoms with Crippen LogP contribution in [-0.4, -0.2) is 41.0 Å². The molecular formula is C10H13N5O4S. The zero-order chi connectivity index (χ0) is 14.8. The van der Waals surface area contributed by atoms with E-state index in [9.17, 15) is 13.2 Å². The fourth-order valence-electron chi connectivity index (χ4n) is 1.50. The minimum absolute atomic E-state index is 0.138.